The molecule has 36 heavy (non-hydrogen) atoms. The highest BCUT2D eigenvalue weighted by Gasteiger charge is 2.31. The SMILES string of the molecule is CN1CCN(CCC(CS(=O)(=O)c2ccc(Oc3ccc(OC(F)(F)F)cc3)cc2)NC(=O)O)CC1. The van der Waals surface area contributed by atoms with Crippen LogP contribution in [-0.4, -0.2) is 87.3 Å². The van der Waals surface area contributed by atoms with Crippen LogP contribution >= 0.6 is 0 Å². The number of rotatable bonds is 10. The van der Waals surface area contributed by atoms with E-state index >= 15 is 0 Å². The molecule has 1 heterocycles. The van der Waals surface area contributed by atoms with Crippen molar-refractivity contribution in [2.24, 2.45) is 0 Å². The molecule has 0 radical (unpaired) electrons. The number of likely N-dealkylation sites (N-methyl/N-ethyl adjacent to an activating group) is 1. The highest BCUT2D eigenvalue weighted by atomic mass is 32.2. The predicted molar refractivity (Wildman–Crippen MR) is 125 cm³/mol. The lowest BCUT2D eigenvalue weighted by Gasteiger charge is -2.33. The number of alkyl halides is 3. The molecule has 0 spiro atoms. The lowest BCUT2D eigenvalue weighted by molar-refractivity contribution is -0.274. The zero-order chi connectivity index (χ0) is 26.3. The summed E-state index contributed by atoms with van der Waals surface area (Å²) in [5.74, 6) is -0.287. The second kappa shape index (κ2) is 11.8. The Morgan fingerprint density at radius 2 is 1.53 bits per heavy atom. The van der Waals surface area contributed by atoms with Crippen LogP contribution in [0.15, 0.2) is 53.4 Å². The summed E-state index contributed by atoms with van der Waals surface area (Å²) < 4.78 is 72.0. The van der Waals surface area contributed by atoms with Gasteiger partial charge in [-0.1, -0.05) is 0 Å². The van der Waals surface area contributed by atoms with Crippen LogP contribution in [0.1, 0.15) is 6.42 Å². The van der Waals surface area contributed by atoms with Crippen LogP contribution in [-0.2, 0) is 9.84 Å². The van der Waals surface area contributed by atoms with Crippen molar-refractivity contribution in [3.8, 4) is 17.2 Å². The van der Waals surface area contributed by atoms with Crippen molar-refractivity contribution in [2.45, 2.75) is 23.7 Å². The van der Waals surface area contributed by atoms with Gasteiger partial charge in [0.05, 0.1) is 10.6 Å². The Kier molecular flexibility index (Phi) is 9.03. The number of nitrogens with one attached hydrogen (secondary N) is 1. The number of hydrogen-bond donors (Lipinski definition) is 2. The molecular formula is C23H28F3N3O6S. The second-order valence-corrected chi connectivity index (χ2v) is 10.5. The van der Waals surface area contributed by atoms with Gasteiger partial charge in [0, 0.05) is 38.8 Å². The van der Waals surface area contributed by atoms with Crippen LogP contribution in [0.4, 0.5) is 18.0 Å². The minimum atomic E-state index is -4.80. The third-order valence-electron chi connectivity index (χ3n) is 5.61. The number of piperazine rings is 1. The summed E-state index contributed by atoms with van der Waals surface area (Å²) in [6, 6.07) is 9.49. The maximum absolute atomic E-state index is 12.9. The first-order valence-electron chi connectivity index (χ1n) is 11.2. The number of ether oxygens (including phenoxy) is 2. The molecule has 2 N–H and O–H groups in total. The number of carbonyl (C=O) groups is 1. The number of hydrogen-bond acceptors (Lipinski definition) is 7. The second-order valence-electron chi connectivity index (χ2n) is 8.45. The fourth-order valence-corrected chi connectivity index (χ4v) is 5.23. The molecule has 1 unspecified atom stereocenters. The normalized spacial score (nSPS) is 16.3. The van der Waals surface area contributed by atoms with Gasteiger partial charge in [0.25, 0.3) is 0 Å². The first-order valence-corrected chi connectivity index (χ1v) is 12.8. The van der Waals surface area contributed by atoms with Crippen LogP contribution in [0.25, 0.3) is 0 Å². The molecule has 198 valence electrons. The first-order chi connectivity index (χ1) is 16.9. The summed E-state index contributed by atoms with van der Waals surface area (Å²) in [6.45, 7) is 4.05. The molecule has 0 bridgehead atoms. The minimum Gasteiger partial charge on any atom is -0.465 e. The Balaban J connectivity index is 1.60. The number of carboxylic acid groups (broad SMARTS) is 1. The molecule has 0 saturated carbocycles. The van der Waals surface area contributed by atoms with Crippen LogP contribution in [0.5, 0.6) is 17.2 Å². The molecule has 1 fully saturated rings. The Morgan fingerprint density at radius 3 is 2.06 bits per heavy atom. The number of amides is 1. The van der Waals surface area contributed by atoms with Crippen LogP contribution in [0.2, 0.25) is 0 Å². The van der Waals surface area contributed by atoms with Crippen molar-refractivity contribution in [2.75, 3.05) is 45.5 Å². The van der Waals surface area contributed by atoms with Gasteiger partial charge < -0.3 is 29.7 Å². The topological polar surface area (TPSA) is 108 Å². The van der Waals surface area contributed by atoms with Gasteiger partial charge in [-0.3, -0.25) is 0 Å². The molecule has 0 aromatic heterocycles. The van der Waals surface area contributed by atoms with Crippen LogP contribution in [0, 0.1) is 0 Å². The Labute approximate surface area is 207 Å². The highest BCUT2D eigenvalue weighted by Crippen LogP contribution is 2.28. The van der Waals surface area contributed by atoms with E-state index in [2.05, 4.69) is 19.9 Å². The molecule has 1 saturated heterocycles. The fraction of sp³-hybridized carbons (Fsp3) is 0.435. The van der Waals surface area contributed by atoms with Crippen molar-refractivity contribution in [1.82, 2.24) is 15.1 Å². The minimum absolute atomic E-state index is 0.000520. The summed E-state index contributed by atoms with van der Waals surface area (Å²) in [4.78, 5) is 15.6. The first kappa shape index (κ1) is 27.6. The molecule has 1 amide bonds. The van der Waals surface area contributed by atoms with Crippen LogP contribution < -0.4 is 14.8 Å². The number of halogens is 3. The summed E-state index contributed by atoms with van der Waals surface area (Å²) in [5.41, 5.74) is 0. The Hall–Kier alpha value is -3.03. The van der Waals surface area contributed by atoms with E-state index in [1.165, 1.54) is 36.4 Å². The smallest absolute Gasteiger partial charge is 0.465 e. The highest BCUT2D eigenvalue weighted by molar-refractivity contribution is 7.91. The summed E-state index contributed by atoms with van der Waals surface area (Å²) in [5, 5.41) is 11.5. The standard InChI is InChI=1S/C23H28F3N3O6S/c1-28-12-14-29(15-13-28)11-10-17(27-22(30)31)16-36(32,33)21-8-6-19(7-9-21)34-18-2-4-20(5-3-18)35-23(24,25)26/h2-9,17,27H,10-16H2,1H3,(H,30,31). The summed E-state index contributed by atoms with van der Waals surface area (Å²) in [6.07, 6.45) is -5.73. The molecule has 2 aromatic carbocycles. The molecule has 9 nitrogen and oxygen atoms in total. The third-order valence-corrected chi connectivity index (χ3v) is 7.45. The maximum atomic E-state index is 12.9. The average Bonchev–Trinajstić information content (AvgIpc) is 2.79. The van der Waals surface area contributed by atoms with Crippen molar-refractivity contribution in [1.29, 1.82) is 0 Å². The summed E-state index contributed by atoms with van der Waals surface area (Å²) in [7, 11) is -1.78. The molecule has 0 aliphatic carbocycles. The van der Waals surface area contributed by atoms with E-state index < -0.39 is 39.8 Å². The largest absolute Gasteiger partial charge is 0.573 e. The van der Waals surface area contributed by atoms with Crippen LogP contribution in [0.3, 0.4) is 0 Å². The quantitative estimate of drug-likeness (QED) is 0.480. The Morgan fingerprint density at radius 1 is 1.00 bits per heavy atom. The molecule has 3 rings (SSSR count). The van der Waals surface area contributed by atoms with E-state index in [4.69, 9.17) is 9.84 Å². The van der Waals surface area contributed by atoms with Gasteiger partial charge in [0.2, 0.25) is 0 Å². The molecule has 1 atom stereocenters. The van der Waals surface area contributed by atoms with Gasteiger partial charge in [-0.05, 0) is 62.0 Å². The van der Waals surface area contributed by atoms with E-state index in [0.717, 1.165) is 38.3 Å². The molecule has 2 aromatic rings. The fourth-order valence-electron chi connectivity index (χ4n) is 3.70. The lowest BCUT2D eigenvalue weighted by Crippen LogP contribution is -2.47. The lowest BCUT2D eigenvalue weighted by atomic mass is 10.2. The van der Waals surface area contributed by atoms with E-state index in [-0.39, 0.29) is 16.4 Å². The van der Waals surface area contributed by atoms with E-state index in [1.54, 1.807) is 0 Å². The van der Waals surface area contributed by atoms with Gasteiger partial charge in [0.15, 0.2) is 9.84 Å². The average molecular weight is 532 g/mol. The maximum Gasteiger partial charge on any atom is 0.573 e. The summed E-state index contributed by atoms with van der Waals surface area (Å²) >= 11 is 0. The van der Waals surface area contributed by atoms with Gasteiger partial charge in [0.1, 0.15) is 17.2 Å². The van der Waals surface area contributed by atoms with Gasteiger partial charge in [-0.2, -0.15) is 0 Å². The van der Waals surface area contributed by atoms with Gasteiger partial charge in [-0.15, -0.1) is 13.2 Å². The van der Waals surface area contributed by atoms with Crippen molar-refractivity contribution < 1.29 is 41.0 Å². The van der Waals surface area contributed by atoms with Crippen molar-refractivity contribution in [3.63, 3.8) is 0 Å². The zero-order valence-corrected chi connectivity index (χ0v) is 20.4. The van der Waals surface area contributed by atoms with E-state index in [1.807, 2.05) is 7.05 Å². The number of sulfone groups is 1. The van der Waals surface area contributed by atoms with Crippen molar-refractivity contribution >= 4 is 15.9 Å². The molecule has 1 aliphatic heterocycles. The molecule has 1 aliphatic rings. The Bertz CT molecular complexity index is 1100. The molecular weight excluding hydrogens is 503 g/mol. The van der Waals surface area contributed by atoms with E-state index in [0.29, 0.717) is 13.0 Å². The number of benzene rings is 2. The third kappa shape index (κ3) is 8.88. The van der Waals surface area contributed by atoms with Gasteiger partial charge >= 0.3 is 12.5 Å². The monoisotopic (exact) mass is 531 g/mol. The van der Waals surface area contributed by atoms with Gasteiger partial charge in [-0.25, -0.2) is 13.2 Å². The van der Waals surface area contributed by atoms with E-state index in [9.17, 15) is 26.4 Å². The predicted octanol–water partition coefficient (Wildman–Crippen LogP) is 3.42. The molecule has 13 heteroatoms. The van der Waals surface area contributed by atoms with Crippen molar-refractivity contribution in [3.05, 3.63) is 48.5 Å². The number of nitrogens with zero attached hydrogens (tertiary/aromatic N) is 2. The zero-order valence-electron chi connectivity index (χ0n) is 19.6.